The van der Waals surface area contributed by atoms with Crippen molar-refractivity contribution >= 4 is 38.5 Å². The van der Waals surface area contributed by atoms with Gasteiger partial charge in [0.25, 0.3) is 5.91 Å². The van der Waals surface area contributed by atoms with Gasteiger partial charge in [-0.3, -0.25) is 9.59 Å². The maximum Gasteiger partial charge on any atom is 0.261 e. The van der Waals surface area contributed by atoms with Crippen LogP contribution in [0.15, 0.2) is 95.5 Å². The SMILES string of the molecule is CNC(=O)C(Cc1ccccc1)N(Cc1ccccc1F)C(=O)COc1ccc2ccccc2c1Br. The van der Waals surface area contributed by atoms with Crippen molar-refractivity contribution < 1.29 is 18.7 Å². The molecule has 0 spiro atoms. The molecule has 4 aromatic carbocycles. The summed E-state index contributed by atoms with van der Waals surface area (Å²) in [7, 11) is 1.52. The molecule has 0 bridgehead atoms. The molecule has 0 aliphatic rings. The molecule has 0 saturated carbocycles. The molecule has 1 N–H and O–H groups in total. The van der Waals surface area contributed by atoms with Crippen LogP contribution in [0.1, 0.15) is 11.1 Å². The Morgan fingerprint density at radius 3 is 2.39 bits per heavy atom. The van der Waals surface area contributed by atoms with Gasteiger partial charge in [-0.15, -0.1) is 0 Å². The summed E-state index contributed by atoms with van der Waals surface area (Å²) in [5.41, 5.74) is 1.20. The number of hydrogen-bond acceptors (Lipinski definition) is 3. The van der Waals surface area contributed by atoms with E-state index < -0.39 is 17.8 Å². The maximum absolute atomic E-state index is 14.6. The van der Waals surface area contributed by atoms with E-state index in [-0.39, 0.29) is 25.5 Å². The third-order valence-electron chi connectivity index (χ3n) is 6.00. The zero-order valence-electron chi connectivity index (χ0n) is 19.8. The highest BCUT2D eigenvalue weighted by molar-refractivity contribution is 9.10. The Labute approximate surface area is 218 Å². The van der Waals surface area contributed by atoms with Crippen LogP contribution in [0.3, 0.4) is 0 Å². The van der Waals surface area contributed by atoms with Crippen LogP contribution < -0.4 is 10.1 Å². The van der Waals surface area contributed by atoms with E-state index in [0.29, 0.717) is 11.3 Å². The molecular weight excluding hydrogens is 523 g/mol. The Morgan fingerprint density at radius 1 is 0.944 bits per heavy atom. The van der Waals surface area contributed by atoms with Gasteiger partial charge in [-0.1, -0.05) is 78.9 Å². The first-order valence-corrected chi connectivity index (χ1v) is 12.4. The number of benzene rings is 4. The number of ether oxygens (including phenoxy) is 1. The van der Waals surface area contributed by atoms with Crippen LogP contribution in [0.4, 0.5) is 4.39 Å². The Bertz CT molecular complexity index is 1360. The minimum Gasteiger partial charge on any atom is -0.483 e. The first kappa shape index (κ1) is 25.4. The van der Waals surface area contributed by atoms with Gasteiger partial charge in [0, 0.05) is 25.6 Å². The van der Waals surface area contributed by atoms with Gasteiger partial charge in [-0.05, 0) is 44.4 Å². The van der Waals surface area contributed by atoms with Crippen LogP contribution in [-0.4, -0.2) is 36.4 Å². The number of halogens is 2. The largest absolute Gasteiger partial charge is 0.483 e. The standard InChI is InChI=1S/C29H26BrFN2O3/c1-32-29(35)25(17-20-9-3-2-4-10-20)33(18-22-12-6-8-14-24(22)31)27(34)19-36-26-16-15-21-11-5-7-13-23(21)28(26)30/h2-16,25H,17-19H2,1H3,(H,32,35). The van der Waals surface area contributed by atoms with Gasteiger partial charge >= 0.3 is 0 Å². The van der Waals surface area contributed by atoms with E-state index in [1.807, 2.05) is 60.7 Å². The van der Waals surface area contributed by atoms with Gasteiger partial charge in [0.1, 0.15) is 17.6 Å². The monoisotopic (exact) mass is 548 g/mol. The molecule has 4 aromatic rings. The molecule has 0 saturated heterocycles. The van der Waals surface area contributed by atoms with Gasteiger partial charge in [0.2, 0.25) is 5.91 Å². The van der Waals surface area contributed by atoms with E-state index in [1.165, 1.54) is 18.0 Å². The number of likely N-dealkylation sites (N-methyl/N-ethyl adjacent to an activating group) is 1. The summed E-state index contributed by atoms with van der Waals surface area (Å²) in [6.45, 7) is -0.383. The lowest BCUT2D eigenvalue weighted by Crippen LogP contribution is -2.51. The van der Waals surface area contributed by atoms with Crippen LogP contribution in [-0.2, 0) is 22.6 Å². The summed E-state index contributed by atoms with van der Waals surface area (Å²) >= 11 is 3.58. The number of fused-ring (bicyclic) bond motifs is 1. The Balaban J connectivity index is 1.62. The average molecular weight is 549 g/mol. The van der Waals surface area contributed by atoms with E-state index in [4.69, 9.17) is 4.74 Å². The number of hydrogen-bond donors (Lipinski definition) is 1. The molecule has 4 rings (SSSR count). The molecule has 0 heterocycles. The summed E-state index contributed by atoms with van der Waals surface area (Å²) in [5.74, 6) is -0.699. The van der Waals surface area contributed by atoms with Crippen LogP contribution >= 0.6 is 15.9 Å². The second kappa shape index (κ2) is 11.8. The third kappa shape index (κ3) is 5.91. The molecule has 0 aliphatic carbocycles. The van der Waals surface area contributed by atoms with Crippen molar-refractivity contribution in [2.45, 2.75) is 19.0 Å². The van der Waals surface area contributed by atoms with Gasteiger partial charge in [0.05, 0.1) is 4.47 Å². The molecule has 2 amide bonds. The van der Waals surface area contributed by atoms with Crippen molar-refractivity contribution in [2.24, 2.45) is 0 Å². The molecule has 36 heavy (non-hydrogen) atoms. The lowest BCUT2D eigenvalue weighted by atomic mass is 10.0. The molecule has 0 aromatic heterocycles. The quantitative estimate of drug-likeness (QED) is 0.300. The zero-order valence-corrected chi connectivity index (χ0v) is 21.4. The second-order valence-electron chi connectivity index (χ2n) is 8.32. The number of nitrogens with one attached hydrogen (secondary N) is 1. The van der Waals surface area contributed by atoms with Gasteiger partial charge in [-0.2, -0.15) is 0 Å². The van der Waals surface area contributed by atoms with Gasteiger partial charge < -0.3 is 15.0 Å². The molecule has 1 unspecified atom stereocenters. The first-order chi connectivity index (χ1) is 17.5. The minimum absolute atomic E-state index is 0.0708. The van der Waals surface area contributed by atoms with Crippen LogP contribution in [0.5, 0.6) is 5.75 Å². The lowest BCUT2D eigenvalue weighted by molar-refractivity contribution is -0.142. The summed E-state index contributed by atoms with van der Waals surface area (Å²) in [4.78, 5) is 27.9. The van der Waals surface area contributed by atoms with Crippen LogP contribution in [0, 0.1) is 5.82 Å². The predicted molar refractivity (Wildman–Crippen MR) is 142 cm³/mol. The van der Waals surface area contributed by atoms with Crippen LogP contribution in [0.2, 0.25) is 0 Å². The van der Waals surface area contributed by atoms with Crippen molar-refractivity contribution in [1.29, 1.82) is 0 Å². The molecular formula is C29H26BrFN2O3. The highest BCUT2D eigenvalue weighted by Crippen LogP contribution is 2.33. The fourth-order valence-corrected chi connectivity index (χ4v) is 4.69. The Kier molecular flexibility index (Phi) is 8.33. The predicted octanol–water partition coefficient (Wildman–Crippen LogP) is 5.51. The number of amides is 2. The summed E-state index contributed by atoms with van der Waals surface area (Å²) in [6, 6.07) is 26.3. The summed E-state index contributed by atoms with van der Waals surface area (Å²) in [5, 5.41) is 4.64. The van der Waals surface area contributed by atoms with Crippen molar-refractivity contribution in [3.63, 3.8) is 0 Å². The van der Waals surface area contributed by atoms with E-state index in [0.717, 1.165) is 20.8 Å². The van der Waals surface area contributed by atoms with Crippen molar-refractivity contribution in [3.8, 4) is 5.75 Å². The van der Waals surface area contributed by atoms with E-state index in [2.05, 4.69) is 21.2 Å². The highest BCUT2D eigenvalue weighted by Gasteiger charge is 2.30. The number of nitrogens with zero attached hydrogens (tertiary/aromatic N) is 1. The average Bonchev–Trinajstić information content (AvgIpc) is 2.91. The third-order valence-corrected chi connectivity index (χ3v) is 6.81. The fraction of sp³-hybridized carbons (Fsp3) is 0.172. The smallest absolute Gasteiger partial charge is 0.261 e. The van der Waals surface area contributed by atoms with E-state index in [9.17, 15) is 14.0 Å². The minimum atomic E-state index is -0.854. The van der Waals surface area contributed by atoms with Crippen LogP contribution in [0.25, 0.3) is 10.8 Å². The number of carbonyl (C=O) groups excluding carboxylic acids is 2. The van der Waals surface area contributed by atoms with Crippen molar-refractivity contribution in [2.75, 3.05) is 13.7 Å². The molecule has 5 nitrogen and oxygen atoms in total. The zero-order chi connectivity index (χ0) is 25.5. The Morgan fingerprint density at radius 2 is 1.64 bits per heavy atom. The molecule has 7 heteroatoms. The summed E-state index contributed by atoms with van der Waals surface area (Å²) < 4.78 is 21.2. The molecule has 0 fully saturated rings. The number of rotatable bonds is 9. The number of carbonyl (C=O) groups is 2. The summed E-state index contributed by atoms with van der Waals surface area (Å²) in [6.07, 6.45) is 0.278. The topological polar surface area (TPSA) is 58.6 Å². The molecule has 0 radical (unpaired) electrons. The molecule has 1 atom stereocenters. The molecule has 0 aliphatic heterocycles. The van der Waals surface area contributed by atoms with Gasteiger partial charge in [-0.25, -0.2) is 4.39 Å². The highest BCUT2D eigenvalue weighted by atomic mass is 79.9. The fourth-order valence-electron chi connectivity index (χ4n) is 4.08. The first-order valence-electron chi connectivity index (χ1n) is 11.6. The van der Waals surface area contributed by atoms with Crippen molar-refractivity contribution in [3.05, 3.63) is 112 Å². The lowest BCUT2D eigenvalue weighted by Gasteiger charge is -2.31. The van der Waals surface area contributed by atoms with E-state index in [1.54, 1.807) is 24.3 Å². The molecule has 184 valence electrons. The Hall–Kier alpha value is -3.71. The van der Waals surface area contributed by atoms with Crippen molar-refractivity contribution in [1.82, 2.24) is 10.2 Å². The van der Waals surface area contributed by atoms with Gasteiger partial charge in [0.15, 0.2) is 6.61 Å². The maximum atomic E-state index is 14.6. The normalized spacial score (nSPS) is 11.6. The second-order valence-corrected chi connectivity index (χ2v) is 9.11. The van der Waals surface area contributed by atoms with E-state index >= 15 is 0 Å².